The van der Waals surface area contributed by atoms with Gasteiger partial charge in [0.15, 0.2) is 5.96 Å². The summed E-state index contributed by atoms with van der Waals surface area (Å²) in [5.41, 5.74) is 2.23. The van der Waals surface area contributed by atoms with E-state index in [4.69, 9.17) is 9.47 Å². The number of ether oxygens (including phenoxy) is 2. The molecule has 0 aromatic heterocycles. The standard InChI is InChI=1S/C18H27N3O3/c1-12-6-7-14(8-16(12)23-4)9-20-18(19-3)21-10-13(2)15(11-21)17(22)24-5/h6-8,13,15H,9-11H2,1-5H3,(H,19,20). The van der Waals surface area contributed by atoms with E-state index in [9.17, 15) is 4.79 Å². The summed E-state index contributed by atoms with van der Waals surface area (Å²) in [6.07, 6.45) is 0. The van der Waals surface area contributed by atoms with Crippen LogP contribution in [-0.2, 0) is 16.1 Å². The van der Waals surface area contributed by atoms with E-state index in [2.05, 4.69) is 28.2 Å². The number of guanidine groups is 1. The minimum Gasteiger partial charge on any atom is -0.496 e. The zero-order valence-electron chi connectivity index (χ0n) is 15.1. The Hall–Kier alpha value is -2.24. The molecule has 2 rings (SSSR count). The predicted molar refractivity (Wildman–Crippen MR) is 94.2 cm³/mol. The first-order valence-corrected chi connectivity index (χ1v) is 8.17. The normalized spacial score (nSPS) is 20.9. The SMILES string of the molecule is CN=C(NCc1ccc(C)c(OC)c1)N1CC(C)C(C(=O)OC)C1. The Kier molecular flexibility index (Phi) is 6.06. The van der Waals surface area contributed by atoms with Crippen LogP contribution in [0.3, 0.4) is 0 Å². The lowest BCUT2D eigenvalue weighted by atomic mass is 9.99. The van der Waals surface area contributed by atoms with Crippen LogP contribution in [0.2, 0.25) is 0 Å². The molecule has 6 heteroatoms. The Morgan fingerprint density at radius 1 is 1.38 bits per heavy atom. The van der Waals surface area contributed by atoms with Crippen molar-refractivity contribution in [3.63, 3.8) is 0 Å². The van der Waals surface area contributed by atoms with Gasteiger partial charge in [0.2, 0.25) is 0 Å². The molecular formula is C18H27N3O3. The van der Waals surface area contributed by atoms with E-state index in [0.29, 0.717) is 13.1 Å². The monoisotopic (exact) mass is 333 g/mol. The number of aliphatic imine (C=N–C) groups is 1. The Balaban J connectivity index is 2.00. The second-order valence-corrected chi connectivity index (χ2v) is 6.22. The molecule has 1 N–H and O–H groups in total. The van der Waals surface area contributed by atoms with Gasteiger partial charge in [-0.15, -0.1) is 0 Å². The fourth-order valence-electron chi connectivity index (χ4n) is 3.09. The van der Waals surface area contributed by atoms with Gasteiger partial charge in [-0.2, -0.15) is 0 Å². The third-order valence-electron chi connectivity index (χ3n) is 4.55. The number of aryl methyl sites for hydroxylation is 1. The van der Waals surface area contributed by atoms with E-state index in [1.54, 1.807) is 14.2 Å². The maximum Gasteiger partial charge on any atom is 0.310 e. The van der Waals surface area contributed by atoms with E-state index < -0.39 is 0 Å². The van der Waals surface area contributed by atoms with Crippen LogP contribution in [-0.4, -0.2) is 51.2 Å². The van der Waals surface area contributed by atoms with E-state index in [1.807, 2.05) is 19.1 Å². The smallest absolute Gasteiger partial charge is 0.310 e. The first-order chi connectivity index (χ1) is 11.5. The lowest BCUT2D eigenvalue weighted by Crippen LogP contribution is -2.40. The highest BCUT2D eigenvalue weighted by atomic mass is 16.5. The summed E-state index contributed by atoms with van der Waals surface area (Å²) < 4.78 is 10.3. The number of hydrogen-bond donors (Lipinski definition) is 1. The lowest BCUT2D eigenvalue weighted by Gasteiger charge is -2.21. The number of methoxy groups -OCH3 is 2. The molecule has 1 aromatic rings. The number of benzene rings is 1. The molecule has 1 aliphatic rings. The molecule has 6 nitrogen and oxygen atoms in total. The van der Waals surface area contributed by atoms with Crippen molar-refractivity contribution in [3.05, 3.63) is 29.3 Å². The summed E-state index contributed by atoms with van der Waals surface area (Å²) in [6.45, 7) is 6.16. The van der Waals surface area contributed by atoms with Gasteiger partial charge in [0.1, 0.15) is 5.75 Å². The van der Waals surface area contributed by atoms with Gasteiger partial charge in [-0.25, -0.2) is 0 Å². The summed E-state index contributed by atoms with van der Waals surface area (Å²) in [5.74, 6) is 1.67. The molecule has 2 atom stereocenters. The molecule has 0 aliphatic carbocycles. The maximum absolute atomic E-state index is 11.8. The van der Waals surface area contributed by atoms with Crippen LogP contribution in [0, 0.1) is 18.8 Å². The molecule has 0 spiro atoms. The molecule has 1 saturated heterocycles. The van der Waals surface area contributed by atoms with Crippen molar-refractivity contribution in [1.29, 1.82) is 0 Å². The Morgan fingerprint density at radius 3 is 2.75 bits per heavy atom. The Morgan fingerprint density at radius 2 is 2.12 bits per heavy atom. The van der Waals surface area contributed by atoms with Crippen LogP contribution in [0.5, 0.6) is 5.75 Å². The summed E-state index contributed by atoms with van der Waals surface area (Å²) in [4.78, 5) is 18.3. The minimum absolute atomic E-state index is 0.104. The molecule has 0 radical (unpaired) electrons. The van der Waals surface area contributed by atoms with Crippen LogP contribution in [0.4, 0.5) is 0 Å². The third kappa shape index (κ3) is 3.99. The van der Waals surface area contributed by atoms with Gasteiger partial charge < -0.3 is 19.7 Å². The molecular weight excluding hydrogens is 306 g/mol. The van der Waals surface area contributed by atoms with Crippen LogP contribution >= 0.6 is 0 Å². The van der Waals surface area contributed by atoms with Crippen LogP contribution in [0.1, 0.15) is 18.1 Å². The van der Waals surface area contributed by atoms with Gasteiger partial charge in [0.05, 0.1) is 20.1 Å². The van der Waals surface area contributed by atoms with Gasteiger partial charge in [0, 0.05) is 26.7 Å². The van der Waals surface area contributed by atoms with Crippen molar-refractivity contribution in [3.8, 4) is 5.75 Å². The second kappa shape index (κ2) is 8.04. The topological polar surface area (TPSA) is 63.2 Å². The Bertz CT molecular complexity index is 616. The summed E-state index contributed by atoms with van der Waals surface area (Å²) in [5, 5.41) is 3.36. The van der Waals surface area contributed by atoms with Crippen molar-refractivity contribution >= 4 is 11.9 Å². The number of nitrogens with one attached hydrogen (secondary N) is 1. The van der Waals surface area contributed by atoms with Gasteiger partial charge in [-0.1, -0.05) is 19.1 Å². The highest BCUT2D eigenvalue weighted by Gasteiger charge is 2.36. The quantitative estimate of drug-likeness (QED) is 0.517. The van der Waals surface area contributed by atoms with Gasteiger partial charge in [-0.3, -0.25) is 9.79 Å². The zero-order valence-corrected chi connectivity index (χ0v) is 15.1. The molecule has 1 heterocycles. The zero-order chi connectivity index (χ0) is 17.7. The Labute approximate surface area is 143 Å². The minimum atomic E-state index is -0.149. The van der Waals surface area contributed by atoms with Gasteiger partial charge in [0.25, 0.3) is 0 Å². The second-order valence-electron chi connectivity index (χ2n) is 6.22. The van der Waals surface area contributed by atoms with Crippen molar-refractivity contribution in [1.82, 2.24) is 10.2 Å². The number of carbonyl (C=O) groups is 1. The molecule has 1 aliphatic heterocycles. The average Bonchev–Trinajstić information content (AvgIpc) is 2.97. The van der Waals surface area contributed by atoms with E-state index in [-0.39, 0.29) is 17.8 Å². The number of hydrogen-bond acceptors (Lipinski definition) is 4. The van der Waals surface area contributed by atoms with Crippen LogP contribution in [0.15, 0.2) is 23.2 Å². The fourth-order valence-corrected chi connectivity index (χ4v) is 3.09. The first-order valence-electron chi connectivity index (χ1n) is 8.17. The predicted octanol–water partition coefficient (Wildman–Crippen LogP) is 1.82. The lowest BCUT2D eigenvalue weighted by molar-refractivity contribution is -0.145. The molecule has 24 heavy (non-hydrogen) atoms. The number of nitrogens with zero attached hydrogens (tertiary/aromatic N) is 2. The third-order valence-corrected chi connectivity index (χ3v) is 4.55. The van der Waals surface area contributed by atoms with E-state index in [0.717, 1.165) is 29.4 Å². The number of likely N-dealkylation sites (tertiary alicyclic amines) is 1. The average molecular weight is 333 g/mol. The van der Waals surface area contributed by atoms with Crippen molar-refractivity contribution in [2.24, 2.45) is 16.8 Å². The highest BCUT2D eigenvalue weighted by molar-refractivity contribution is 5.82. The molecule has 2 unspecified atom stereocenters. The van der Waals surface area contributed by atoms with Crippen molar-refractivity contribution in [2.75, 3.05) is 34.4 Å². The summed E-state index contributed by atoms with van der Waals surface area (Å²) in [7, 11) is 4.88. The van der Waals surface area contributed by atoms with Crippen LogP contribution < -0.4 is 10.1 Å². The van der Waals surface area contributed by atoms with Gasteiger partial charge >= 0.3 is 5.97 Å². The first kappa shape index (κ1) is 18.1. The number of rotatable bonds is 4. The molecule has 0 amide bonds. The van der Waals surface area contributed by atoms with Crippen molar-refractivity contribution in [2.45, 2.75) is 20.4 Å². The van der Waals surface area contributed by atoms with Crippen LogP contribution in [0.25, 0.3) is 0 Å². The highest BCUT2D eigenvalue weighted by Crippen LogP contribution is 2.24. The summed E-state index contributed by atoms with van der Waals surface area (Å²) >= 11 is 0. The number of esters is 1. The van der Waals surface area contributed by atoms with E-state index in [1.165, 1.54) is 7.11 Å². The van der Waals surface area contributed by atoms with Gasteiger partial charge in [-0.05, 0) is 30.0 Å². The number of carbonyl (C=O) groups excluding carboxylic acids is 1. The maximum atomic E-state index is 11.8. The molecule has 0 saturated carbocycles. The molecule has 132 valence electrons. The summed E-state index contributed by atoms with van der Waals surface area (Å²) in [6, 6.07) is 6.14. The van der Waals surface area contributed by atoms with E-state index >= 15 is 0 Å². The fraction of sp³-hybridized carbons (Fsp3) is 0.556. The molecule has 1 aromatic carbocycles. The van der Waals surface area contributed by atoms with Crippen molar-refractivity contribution < 1.29 is 14.3 Å². The molecule has 1 fully saturated rings. The largest absolute Gasteiger partial charge is 0.496 e. The molecule has 0 bridgehead atoms.